The standard InChI is InChI=1S/C11H13BrO2/c1-14-8-10(13)7-6-9-4-2-3-5-11(9)12/h2-5H,6-8H2,1H3. The van der Waals surface area contributed by atoms with Gasteiger partial charge in [-0.1, -0.05) is 34.1 Å². The molecule has 0 fully saturated rings. The van der Waals surface area contributed by atoms with Crippen LogP contribution in [0.25, 0.3) is 0 Å². The molecule has 76 valence electrons. The number of aryl methyl sites for hydroxylation is 1. The SMILES string of the molecule is COCC(=O)CCc1ccccc1Br. The van der Waals surface area contributed by atoms with E-state index in [0.29, 0.717) is 6.42 Å². The highest BCUT2D eigenvalue weighted by atomic mass is 79.9. The maximum Gasteiger partial charge on any atom is 0.158 e. The van der Waals surface area contributed by atoms with Gasteiger partial charge in [-0.15, -0.1) is 0 Å². The first-order chi connectivity index (χ1) is 6.74. The predicted molar refractivity (Wildman–Crippen MR) is 59.3 cm³/mol. The summed E-state index contributed by atoms with van der Waals surface area (Å²) in [5.74, 6) is 0.142. The van der Waals surface area contributed by atoms with Crippen molar-refractivity contribution in [1.82, 2.24) is 0 Å². The minimum atomic E-state index is 0.142. The van der Waals surface area contributed by atoms with E-state index in [-0.39, 0.29) is 12.4 Å². The Balaban J connectivity index is 2.46. The van der Waals surface area contributed by atoms with Gasteiger partial charge in [-0.05, 0) is 18.1 Å². The summed E-state index contributed by atoms with van der Waals surface area (Å²) in [5, 5.41) is 0. The lowest BCUT2D eigenvalue weighted by Crippen LogP contribution is -2.07. The van der Waals surface area contributed by atoms with E-state index in [9.17, 15) is 4.79 Å². The van der Waals surface area contributed by atoms with Gasteiger partial charge in [0.25, 0.3) is 0 Å². The third-order valence-corrected chi connectivity index (χ3v) is 2.71. The molecule has 0 aliphatic rings. The number of ether oxygens (including phenoxy) is 1. The van der Waals surface area contributed by atoms with Crippen LogP contribution < -0.4 is 0 Å². The van der Waals surface area contributed by atoms with Crippen molar-refractivity contribution in [2.24, 2.45) is 0 Å². The smallest absolute Gasteiger partial charge is 0.158 e. The van der Waals surface area contributed by atoms with Crippen molar-refractivity contribution >= 4 is 21.7 Å². The second-order valence-electron chi connectivity index (χ2n) is 3.06. The van der Waals surface area contributed by atoms with Gasteiger partial charge in [-0.25, -0.2) is 0 Å². The summed E-state index contributed by atoms with van der Waals surface area (Å²) < 4.78 is 5.82. The molecule has 0 amide bonds. The fourth-order valence-electron chi connectivity index (χ4n) is 1.21. The summed E-state index contributed by atoms with van der Waals surface area (Å²) >= 11 is 3.44. The first-order valence-electron chi connectivity index (χ1n) is 4.48. The molecule has 0 saturated carbocycles. The van der Waals surface area contributed by atoms with Crippen molar-refractivity contribution in [3.8, 4) is 0 Å². The van der Waals surface area contributed by atoms with Gasteiger partial charge in [-0.2, -0.15) is 0 Å². The zero-order chi connectivity index (χ0) is 10.4. The lowest BCUT2D eigenvalue weighted by Gasteiger charge is -2.02. The number of hydrogen-bond acceptors (Lipinski definition) is 2. The Morgan fingerprint density at radius 3 is 2.79 bits per heavy atom. The lowest BCUT2D eigenvalue weighted by molar-refractivity contribution is -0.122. The molecule has 0 aromatic heterocycles. The molecule has 0 bridgehead atoms. The minimum Gasteiger partial charge on any atom is -0.377 e. The Morgan fingerprint density at radius 2 is 2.14 bits per heavy atom. The van der Waals surface area contributed by atoms with E-state index in [0.717, 1.165) is 16.5 Å². The van der Waals surface area contributed by atoms with Gasteiger partial charge in [0.1, 0.15) is 6.61 Å². The highest BCUT2D eigenvalue weighted by Crippen LogP contribution is 2.17. The Morgan fingerprint density at radius 1 is 1.43 bits per heavy atom. The third kappa shape index (κ3) is 3.60. The van der Waals surface area contributed by atoms with Crippen LogP contribution in [-0.2, 0) is 16.0 Å². The first kappa shape index (κ1) is 11.4. The molecule has 0 aliphatic heterocycles. The van der Waals surface area contributed by atoms with Crippen LogP contribution in [-0.4, -0.2) is 19.5 Å². The number of carbonyl (C=O) groups is 1. The monoisotopic (exact) mass is 256 g/mol. The molecule has 14 heavy (non-hydrogen) atoms. The first-order valence-corrected chi connectivity index (χ1v) is 5.27. The topological polar surface area (TPSA) is 26.3 Å². The fraction of sp³-hybridized carbons (Fsp3) is 0.364. The molecule has 1 aromatic carbocycles. The molecule has 1 aromatic rings. The van der Waals surface area contributed by atoms with Gasteiger partial charge in [0.2, 0.25) is 0 Å². The number of ketones is 1. The van der Waals surface area contributed by atoms with Crippen LogP contribution in [0.3, 0.4) is 0 Å². The van der Waals surface area contributed by atoms with Gasteiger partial charge in [0.05, 0.1) is 0 Å². The number of carbonyl (C=O) groups excluding carboxylic acids is 1. The molecule has 0 atom stereocenters. The molecule has 1 rings (SSSR count). The van der Waals surface area contributed by atoms with Crippen LogP contribution >= 0.6 is 15.9 Å². The van der Waals surface area contributed by atoms with Crippen LogP contribution in [0.1, 0.15) is 12.0 Å². The summed E-state index contributed by atoms with van der Waals surface area (Å²) in [6, 6.07) is 7.94. The summed E-state index contributed by atoms with van der Waals surface area (Å²) in [6.45, 7) is 0.213. The molecule has 0 saturated heterocycles. The number of rotatable bonds is 5. The zero-order valence-electron chi connectivity index (χ0n) is 8.13. The van der Waals surface area contributed by atoms with E-state index in [2.05, 4.69) is 15.9 Å². The lowest BCUT2D eigenvalue weighted by atomic mass is 10.1. The molecule has 0 N–H and O–H groups in total. The average molecular weight is 257 g/mol. The van der Waals surface area contributed by atoms with Gasteiger partial charge >= 0.3 is 0 Å². The van der Waals surface area contributed by atoms with Crippen LogP contribution in [0.15, 0.2) is 28.7 Å². The maximum absolute atomic E-state index is 11.2. The molecule has 3 heteroatoms. The highest BCUT2D eigenvalue weighted by molar-refractivity contribution is 9.10. The predicted octanol–water partition coefficient (Wildman–Crippen LogP) is 2.60. The third-order valence-electron chi connectivity index (χ3n) is 1.94. The van der Waals surface area contributed by atoms with Crippen LogP contribution in [0, 0.1) is 0 Å². The Hall–Kier alpha value is -0.670. The molecular formula is C11H13BrO2. The largest absolute Gasteiger partial charge is 0.377 e. The van der Waals surface area contributed by atoms with E-state index in [1.54, 1.807) is 0 Å². The highest BCUT2D eigenvalue weighted by Gasteiger charge is 2.03. The molecular weight excluding hydrogens is 244 g/mol. The van der Waals surface area contributed by atoms with Gasteiger partial charge in [-0.3, -0.25) is 4.79 Å². The number of benzene rings is 1. The average Bonchev–Trinajstić information content (AvgIpc) is 2.17. The van der Waals surface area contributed by atoms with Crippen molar-refractivity contribution in [3.63, 3.8) is 0 Å². The van der Waals surface area contributed by atoms with Crippen molar-refractivity contribution in [3.05, 3.63) is 34.3 Å². The van der Waals surface area contributed by atoms with Crippen LogP contribution in [0.5, 0.6) is 0 Å². The van der Waals surface area contributed by atoms with Crippen molar-refractivity contribution in [2.45, 2.75) is 12.8 Å². The summed E-state index contributed by atoms with van der Waals surface area (Å²) in [5.41, 5.74) is 1.16. The minimum absolute atomic E-state index is 0.142. The summed E-state index contributed by atoms with van der Waals surface area (Å²) in [7, 11) is 1.54. The molecule has 0 spiro atoms. The zero-order valence-corrected chi connectivity index (χ0v) is 9.71. The van der Waals surface area contributed by atoms with Crippen molar-refractivity contribution in [2.75, 3.05) is 13.7 Å². The van der Waals surface area contributed by atoms with E-state index < -0.39 is 0 Å². The van der Waals surface area contributed by atoms with E-state index in [4.69, 9.17) is 4.74 Å². The number of Topliss-reactive ketones (excluding diaryl/α,β-unsaturated/α-hetero) is 1. The number of halogens is 1. The maximum atomic E-state index is 11.2. The molecule has 2 nitrogen and oxygen atoms in total. The van der Waals surface area contributed by atoms with Crippen molar-refractivity contribution in [1.29, 1.82) is 0 Å². The second-order valence-corrected chi connectivity index (χ2v) is 3.92. The number of methoxy groups -OCH3 is 1. The van der Waals surface area contributed by atoms with Gasteiger partial charge < -0.3 is 4.74 Å². The van der Waals surface area contributed by atoms with Gasteiger partial charge in [0.15, 0.2) is 5.78 Å². The van der Waals surface area contributed by atoms with Crippen molar-refractivity contribution < 1.29 is 9.53 Å². The normalized spacial score (nSPS) is 10.1. The Labute approximate surface area is 92.4 Å². The Bertz CT molecular complexity index is 310. The Kier molecular flexibility index (Phi) is 4.84. The molecule has 0 unspecified atom stereocenters. The number of hydrogen-bond donors (Lipinski definition) is 0. The summed E-state index contributed by atoms with van der Waals surface area (Å²) in [4.78, 5) is 11.2. The molecule has 0 aliphatic carbocycles. The summed E-state index contributed by atoms with van der Waals surface area (Å²) in [6.07, 6.45) is 1.31. The van der Waals surface area contributed by atoms with E-state index in [1.807, 2.05) is 24.3 Å². The van der Waals surface area contributed by atoms with E-state index in [1.165, 1.54) is 7.11 Å². The quantitative estimate of drug-likeness (QED) is 0.810. The van der Waals surface area contributed by atoms with Crippen LogP contribution in [0.4, 0.5) is 0 Å². The molecule has 0 heterocycles. The second kappa shape index (κ2) is 5.94. The van der Waals surface area contributed by atoms with Gasteiger partial charge in [0, 0.05) is 18.0 Å². The molecule has 0 radical (unpaired) electrons. The van der Waals surface area contributed by atoms with E-state index >= 15 is 0 Å². The fourth-order valence-corrected chi connectivity index (χ4v) is 1.69. The van der Waals surface area contributed by atoms with Crippen LogP contribution in [0.2, 0.25) is 0 Å².